The van der Waals surface area contributed by atoms with Crippen molar-refractivity contribution in [2.75, 3.05) is 11.9 Å². The first-order valence-corrected chi connectivity index (χ1v) is 9.51. The smallest absolute Gasteiger partial charge is 0.294 e. The lowest BCUT2D eigenvalue weighted by atomic mass is 10.0. The molecule has 3 aromatic rings. The van der Waals surface area contributed by atoms with E-state index in [0.29, 0.717) is 30.2 Å². The fraction of sp³-hybridized carbons (Fsp3) is 0.421. The molecule has 1 atom stereocenters. The third-order valence-electron chi connectivity index (χ3n) is 4.87. The molecule has 1 N–H and O–H groups in total. The number of likely N-dealkylation sites (tertiary alicyclic amines) is 1. The van der Waals surface area contributed by atoms with Gasteiger partial charge in [0.25, 0.3) is 11.8 Å². The van der Waals surface area contributed by atoms with Crippen molar-refractivity contribution in [2.45, 2.75) is 45.7 Å². The number of amides is 2. The molecular formula is C19H22N6O4. The van der Waals surface area contributed by atoms with Gasteiger partial charge in [0.15, 0.2) is 0 Å². The van der Waals surface area contributed by atoms with Gasteiger partial charge in [-0.2, -0.15) is 5.10 Å². The third kappa shape index (κ3) is 4.20. The summed E-state index contributed by atoms with van der Waals surface area (Å²) in [7, 11) is 0. The minimum absolute atomic E-state index is 0.0120. The summed E-state index contributed by atoms with van der Waals surface area (Å²) in [5.74, 6) is -0.149. The molecule has 4 rings (SSSR count). The van der Waals surface area contributed by atoms with E-state index in [0.717, 1.165) is 19.3 Å². The van der Waals surface area contributed by atoms with Gasteiger partial charge in [0.2, 0.25) is 11.5 Å². The molecule has 0 aromatic carbocycles. The van der Waals surface area contributed by atoms with Crippen molar-refractivity contribution >= 4 is 17.5 Å². The Morgan fingerprint density at radius 2 is 1.86 bits per heavy atom. The summed E-state index contributed by atoms with van der Waals surface area (Å²) in [5, 5.41) is 14.6. The second-order valence-electron chi connectivity index (χ2n) is 7.22. The summed E-state index contributed by atoms with van der Waals surface area (Å²) in [6.07, 6.45) is 6.16. The lowest BCUT2D eigenvalue weighted by Gasteiger charge is -2.35. The molecule has 3 aromatic heterocycles. The highest BCUT2D eigenvalue weighted by Gasteiger charge is 2.30. The first kappa shape index (κ1) is 18.9. The fourth-order valence-corrected chi connectivity index (χ4v) is 3.47. The number of carbonyl (C=O) groups is 2. The van der Waals surface area contributed by atoms with E-state index >= 15 is 0 Å². The van der Waals surface area contributed by atoms with Gasteiger partial charge < -0.3 is 19.3 Å². The Kier molecular flexibility index (Phi) is 5.15. The average Bonchev–Trinajstić information content (AvgIpc) is 3.44. The third-order valence-corrected chi connectivity index (χ3v) is 4.87. The van der Waals surface area contributed by atoms with Crippen molar-refractivity contribution < 1.29 is 18.6 Å². The van der Waals surface area contributed by atoms with Crippen LogP contribution in [0.2, 0.25) is 0 Å². The summed E-state index contributed by atoms with van der Waals surface area (Å²) in [5.41, 5.74) is 1.86. The molecule has 0 spiro atoms. The summed E-state index contributed by atoms with van der Waals surface area (Å²) in [6, 6.07) is 3.21. The maximum absolute atomic E-state index is 12.8. The molecule has 1 saturated heterocycles. The Balaban J connectivity index is 1.42. The largest absolute Gasteiger partial charge is 0.351 e. The van der Waals surface area contributed by atoms with Crippen LogP contribution >= 0.6 is 0 Å². The molecule has 29 heavy (non-hydrogen) atoms. The molecule has 1 aliphatic heterocycles. The zero-order chi connectivity index (χ0) is 20.4. The molecule has 1 fully saturated rings. The highest BCUT2D eigenvalue weighted by atomic mass is 16.5. The highest BCUT2D eigenvalue weighted by Crippen LogP contribution is 2.22. The molecule has 152 valence electrons. The Morgan fingerprint density at radius 1 is 1.14 bits per heavy atom. The molecule has 0 aliphatic carbocycles. The number of rotatable bonds is 5. The number of nitrogens with zero attached hydrogens (tertiary/aromatic N) is 5. The van der Waals surface area contributed by atoms with Gasteiger partial charge in [-0.1, -0.05) is 10.3 Å². The van der Waals surface area contributed by atoms with E-state index in [-0.39, 0.29) is 29.4 Å². The molecular weight excluding hydrogens is 376 g/mol. The van der Waals surface area contributed by atoms with Gasteiger partial charge in [0.05, 0.1) is 35.9 Å². The van der Waals surface area contributed by atoms with Gasteiger partial charge in [-0.15, -0.1) is 0 Å². The van der Waals surface area contributed by atoms with Crippen molar-refractivity contribution in [3.05, 3.63) is 47.4 Å². The van der Waals surface area contributed by atoms with Crippen LogP contribution in [0, 0.1) is 13.8 Å². The first-order chi connectivity index (χ1) is 14.0. The fourth-order valence-electron chi connectivity index (χ4n) is 3.47. The molecule has 1 unspecified atom stereocenters. The van der Waals surface area contributed by atoms with Gasteiger partial charge in [0.1, 0.15) is 0 Å². The van der Waals surface area contributed by atoms with E-state index in [1.807, 2.05) is 4.90 Å². The Hall–Kier alpha value is -3.43. The van der Waals surface area contributed by atoms with E-state index in [1.54, 1.807) is 43.1 Å². The van der Waals surface area contributed by atoms with Crippen LogP contribution in [0.1, 0.15) is 51.8 Å². The molecule has 4 heterocycles. The van der Waals surface area contributed by atoms with E-state index in [1.165, 1.54) is 0 Å². The van der Waals surface area contributed by atoms with E-state index in [9.17, 15) is 9.59 Å². The summed E-state index contributed by atoms with van der Waals surface area (Å²) < 4.78 is 11.8. The van der Waals surface area contributed by atoms with Crippen LogP contribution in [0.25, 0.3) is 0 Å². The second kappa shape index (κ2) is 7.90. The van der Waals surface area contributed by atoms with Gasteiger partial charge in [-0.3, -0.25) is 14.3 Å². The number of aromatic nitrogens is 4. The van der Waals surface area contributed by atoms with Crippen LogP contribution in [0.15, 0.2) is 33.6 Å². The van der Waals surface area contributed by atoms with E-state index < -0.39 is 0 Å². The van der Waals surface area contributed by atoms with Crippen LogP contribution in [0.5, 0.6) is 0 Å². The van der Waals surface area contributed by atoms with E-state index in [4.69, 9.17) is 9.05 Å². The van der Waals surface area contributed by atoms with Crippen LogP contribution in [0.3, 0.4) is 0 Å². The first-order valence-electron chi connectivity index (χ1n) is 9.51. The van der Waals surface area contributed by atoms with Crippen LogP contribution in [-0.4, -0.2) is 49.4 Å². The van der Waals surface area contributed by atoms with Crippen molar-refractivity contribution in [3.8, 4) is 0 Å². The lowest BCUT2D eigenvalue weighted by molar-refractivity contribution is 0.0542. The molecule has 10 nitrogen and oxygen atoms in total. The predicted octanol–water partition coefficient (Wildman–Crippen LogP) is 2.42. The number of nitrogens with one attached hydrogen (secondary N) is 1. The topological polar surface area (TPSA) is 119 Å². The number of anilines is 1. The summed E-state index contributed by atoms with van der Waals surface area (Å²) in [4.78, 5) is 26.8. The normalized spacial score (nSPS) is 16.8. The monoisotopic (exact) mass is 398 g/mol. The minimum Gasteiger partial charge on any atom is -0.351 e. The maximum atomic E-state index is 12.8. The Morgan fingerprint density at radius 3 is 2.55 bits per heavy atom. The minimum atomic E-state index is -0.389. The zero-order valence-corrected chi connectivity index (χ0v) is 16.3. The van der Waals surface area contributed by atoms with Gasteiger partial charge >= 0.3 is 0 Å². The van der Waals surface area contributed by atoms with Crippen molar-refractivity contribution in [2.24, 2.45) is 0 Å². The van der Waals surface area contributed by atoms with Gasteiger partial charge in [-0.05, 0) is 33.1 Å². The lowest BCUT2D eigenvalue weighted by Crippen LogP contribution is -2.45. The molecule has 0 radical (unpaired) electrons. The SMILES string of the molecule is Cc1cc(C(=O)Nc2cnn(CC3CCCCN3C(=O)c3cc(C)no3)c2)on1. The Labute approximate surface area is 166 Å². The molecule has 1 aliphatic rings. The summed E-state index contributed by atoms with van der Waals surface area (Å²) in [6.45, 7) is 4.72. The van der Waals surface area contributed by atoms with Crippen LogP contribution in [0.4, 0.5) is 5.69 Å². The van der Waals surface area contributed by atoms with Crippen LogP contribution in [-0.2, 0) is 6.54 Å². The number of piperidine rings is 1. The number of hydrogen-bond acceptors (Lipinski definition) is 7. The van der Waals surface area contributed by atoms with Crippen molar-refractivity contribution in [1.29, 1.82) is 0 Å². The predicted molar refractivity (Wildman–Crippen MR) is 101 cm³/mol. The number of aryl methyl sites for hydroxylation is 2. The quantitative estimate of drug-likeness (QED) is 0.701. The van der Waals surface area contributed by atoms with E-state index in [2.05, 4.69) is 20.7 Å². The molecule has 0 saturated carbocycles. The highest BCUT2D eigenvalue weighted by molar-refractivity contribution is 6.02. The Bertz CT molecular complexity index is 1020. The van der Waals surface area contributed by atoms with Gasteiger partial charge in [0, 0.05) is 24.9 Å². The second-order valence-corrected chi connectivity index (χ2v) is 7.22. The number of hydrogen-bond donors (Lipinski definition) is 1. The maximum Gasteiger partial charge on any atom is 0.294 e. The molecule has 10 heteroatoms. The van der Waals surface area contributed by atoms with Gasteiger partial charge in [-0.25, -0.2) is 0 Å². The zero-order valence-electron chi connectivity index (χ0n) is 16.3. The molecule has 2 amide bonds. The standard InChI is InChI=1S/C19H22N6O4/c1-12-7-16(28-22-12)18(26)21-14-9-20-24(10-14)11-15-5-3-4-6-25(15)19(27)17-8-13(2)23-29-17/h7-10,15H,3-6,11H2,1-2H3,(H,21,26). The van der Waals surface area contributed by atoms with Crippen LogP contribution < -0.4 is 5.32 Å². The van der Waals surface area contributed by atoms with Crippen molar-refractivity contribution in [3.63, 3.8) is 0 Å². The number of carbonyl (C=O) groups excluding carboxylic acids is 2. The summed E-state index contributed by atoms with van der Waals surface area (Å²) >= 11 is 0. The van der Waals surface area contributed by atoms with Crippen molar-refractivity contribution in [1.82, 2.24) is 25.0 Å². The molecule has 0 bridgehead atoms. The average molecular weight is 398 g/mol.